The molecule has 0 unspecified atom stereocenters. The van der Waals surface area contributed by atoms with Crippen molar-refractivity contribution >= 4 is 0 Å². The highest BCUT2D eigenvalue weighted by Crippen LogP contribution is 2.13. The molecule has 0 radical (unpaired) electrons. The van der Waals surface area contributed by atoms with E-state index in [2.05, 4.69) is 13.8 Å². The third-order valence-corrected chi connectivity index (χ3v) is 1.97. The van der Waals surface area contributed by atoms with E-state index in [9.17, 15) is 0 Å². The molecule has 0 aliphatic carbocycles. The fourth-order valence-corrected chi connectivity index (χ4v) is 1.10. The lowest BCUT2D eigenvalue weighted by molar-refractivity contribution is 0.444. The molecule has 1 nitrogen and oxygen atoms in total. The molecule has 0 fully saturated rings. The van der Waals surface area contributed by atoms with E-state index < -0.39 is 0 Å². The molecule has 0 aromatic heterocycles. The number of hydrogen-bond donors (Lipinski definition) is 1. The SMILES string of the molecule is CCC(CC)CCCN. The van der Waals surface area contributed by atoms with Crippen LogP contribution in [0.15, 0.2) is 0 Å². The Hall–Kier alpha value is -0.0400. The number of nitrogens with two attached hydrogens (primary N) is 1. The van der Waals surface area contributed by atoms with Crippen molar-refractivity contribution in [1.82, 2.24) is 0 Å². The van der Waals surface area contributed by atoms with E-state index in [0.717, 1.165) is 12.5 Å². The van der Waals surface area contributed by atoms with Gasteiger partial charge in [-0.1, -0.05) is 26.7 Å². The molecule has 0 saturated carbocycles. The smallest absolute Gasteiger partial charge is 0.00772 e. The van der Waals surface area contributed by atoms with E-state index in [-0.39, 0.29) is 0 Å². The molecular formula is C8H19N. The van der Waals surface area contributed by atoms with Crippen molar-refractivity contribution in [2.75, 3.05) is 6.54 Å². The average molecular weight is 129 g/mol. The van der Waals surface area contributed by atoms with Gasteiger partial charge in [-0.25, -0.2) is 0 Å². The first-order chi connectivity index (χ1) is 4.35. The van der Waals surface area contributed by atoms with Crippen LogP contribution in [-0.4, -0.2) is 6.54 Å². The largest absolute Gasteiger partial charge is 0.330 e. The van der Waals surface area contributed by atoms with Crippen LogP contribution in [0.1, 0.15) is 39.5 Å². The van der Waals surface area contributed by atoms with Gasteiger partial charge in [-0.3, -0.25) is 0 Å². The summed E-state index contributed by atoms with van der Waals surface area (Å²) in [6.45, 7) is 5.37. The molecule has 56 valence electrons. The lowest BCUT2D eigenvalue weighted by Crippen LogP contribution is -2.03. The summed E-state index contributed by atoms with van der Waals surface area (Å²) in [7, 11) is 0. The van der Waals surface area contributed by atoms with Crippen LogP contribution in [0.4, 0.5) is 0 Å². The van der Waals surface area contributed by atoms with Gasteiger partial charge in [0.25, 0.3) is 0 Å². The molecule has 9 heavy (non-hydrogen) atoms. The molecule has 0 rings (SSSR count). The summed E-state index contributed by atoms with van der Waals surface area (Å²) in [6, 6.07) is 0. The minimum absolute atomic E-state index is 0.858. The third kappa shape index (κ3) is 4.46. The molecule has 0 bridgehead atoms. The maximum atomic E-state index is 5.39. The molecule has 0 aromatic carbocycles. The third-order valence-electron chi connectivity index (χ3n) is 1.97. The Bertz CT molecular complexity index is 48.5. The van der Waals surface area contributed by atoms with Crippen LogP contribution in [0.25, 0.3) is 0 Å². The van der Waals surface area contributed by atoms with Gasteiger partial charge in [0, 0.05) is 0 Å². The molecule has 0 aromatic rings. The molecule has 0 amide bonds. The van der Waals surface area contributed by atoms with Crippen LogP contribution in [-0.2, 0) is 0 Å². The van der Waals surface area contributed by atoms with Gasteiger partial charge in [0.15, 0.2) is 0 Å². The van der Waals surface area contributed by atoms with Gasteiger partial charge in [0.2, 0.25) is 0 Å². The summed E-state index contributed by atoms with van der Waals surface area (Å²) < 4.78 is 0. The van der Waals surface area contributed by atoms with Crippen LogP contribution in [0.5, 0.6) is 0 Å². The normalized spacial score (nSPS) is 10.7. The molecule has 0 spiro atoms. The van der Waals surface area contributed by atoms with Gasteiger partial charge in [-0.05, 0) is 25.3 Å². The molecule has 1 heteroatoms. The van der Waals surface area contributed by atoms with Crippen LogP contribution in [0, 0.1) is 5.92 Å². The first-order valence-corrected chi connectivity index (χ1v) is 4.05. The predicted octanol–water partition coefficient (Wildman–Crippen LogP) is 2.16. The van der Waals surface area contributed by atoms with Gasteiger partial charge < -0.3 is 5.73 Å². The molecule has 2 N–H and O–H groups in total. The topological polar surface area (TPSA) is 26.0 Å². The first-order valence-electron chi connectivity index (χ1n) is 4.05. The van der Waals surface area contributed by atoms with Crippen molar-refractivity contribution in [1.29, 1.82) is 0 Å². The predicted molar refractivity (Wildman–Crippen MR) is 42.4 cm³/mol. The summed E-state index contributed by atoms with van der Waals surface area (Å²) in [5, 5.41) is 0. The Kier molecular flexibility index (Phi) is 6.06. The van der Waals surface area contributed by atoms with Crippen molar-refractivity contribution in [3.63, 3.8) is 0 Å². The van der Waals surface area contributed by atoms with Crippen LogP contribution in [0.2, 0.25) is 0 Å². The highest BCUT2D eigenvalue weighted by Gasteiger charge is 2.00. The minimum atomic E-state index is 0.858. The fraction of sp³-hybridized carbons (Fsp3) is 1.00. The van der Waals surface area contributed by atoms with E-state index >= 15 is 0 Å². The van der Waals surface area contributed by atoms with E-state index in [4.69, 9.17) is 5.73 Å². The highest BCUT2D eigenvalue weighted by atomic mass is 14.5. The quantitative estimate of drug-likeness (QED) is 0.605. The zero-order chi connectivity index (χ0) is 7.11. The molecule has 0 aliphatic heterocycles. The van der Waals surface area contributed by atoms with Crippen molar-refractivity contribution in [2.45, 2.75) is 39.5 Å². The Morgan fingerprint density at radius 3 is 2.11 bits per heavy atom. The number of hydrogen-bond acceptors (Lipinski definition) is 1. The van der Waals surface area contributed by atoms with Gasteiger partial charge in [0.1, 0.15) is 0 Å². The van der Waals surface area contributed by atoms with Crippen LogP contribution < -0.4 is 5.73 Å². The van der Waals surface area contributed by atoms with Gasteiger partial charge >= 0.3 is 0 Å². The molecule has 0 atom stereocenters. The minimum Gasteiger partial charge on any atom is -0.330 e. The van der Waals surface area contributed by atoms with Crippen LogP contribution >= 0.6 is 0 Å². The second-order valence-electron chi connectivity index (χ2n) is 2.61. The van der Waals surface area contributed by atoms with Crippen molar-refractivity contribution in [3.05, 3.63) is 0 Å². The van der Waals surface area contributed by atoms with E-state index in [1.165, 1.54) is 25.7 Å². The Labute approximate surface area is 58.6 Å². The van der Waals surface area contributed by atoms with Crippen molar-refractivity contribution in [3.8, 4) is 0 Å². The van der Waals surface area contributed by atoms with Gasteiger partial charge in [-0.15, -0.1) is 0 Å². The summed E-state index contributed by atoms with van der Waals surface area (Å²) >= 11 is 0. The number of rotatable bonds is 5. The zero-order valence-corrected chi connectivity index (χ0v) is 6.69. The second kappa shape index (κ2) is 6.09. The van der Waals surface area contributed by atoms with Crippen molar-refractivity contribution in [2.24, 2.45) is 11.7 Å². The zero-order valence-electron chi connectivity index (χ0n) is 6.69. The van der Waals surface area contributed by atoms with E-state index in [1.54, 1.807) is 0 Å². The summed E-state index contributed by atoms with van der Waals surface area (Å²) in [5.74, 6) is 0.925. The Morgan fingerprint density at radius 2 is 1.78 bits per heavy atom. The molecule has 0 aliphatic rings. The summed E-state index contributed by atoms with van der Waals surface area (Å²) in [6.07, 6.45) is 5.16. The second-order valence-corrected chi connectivity index (χ2v) is 2.61. The van der Waals surface area contributed by atoms with E-state index in [1.807, 2.05) is 0 Å². The summed E-state index contributed by atoms with van der Waals surface area (Å²) in [4.78, 5) is 0. The Balaban J connectivity index is 3.09. The maximum Gasteiger partial charge on any atom is -0.00772 e. The maximum absolute atomic E-state index is 5.39. The van der Waals surface area contributed by atoms with E-state index in [0.29, 0.717) is 0 Å². The first kappa shape index (κ1) is 8.96. The standard InChI is InChI=1S/C8H19N/c1-3-8(4-2)6-5-7-9/h8H,3-7,9H2,1-2H3. The Morgan fingerprint density at radius 1 is 1.22 bits per heavy atom. The molecule has 0 saturated heterocycles. The van der Waals surface area contributed by atoms with Crippen LogP contribution in [0.3, 0.4) is 0 Å². The van der Waals surface area contributed by atoms with Crippen molar-refractivity contribution < 1.29 is 0 Å². The van der Waals surface area contributed by atoms with Gasteiger partial charge in [0.05, 0.1) is 0 Å². The lowest BCUT2D eigenvalue weighted by atomic mass is 9.98. The summed E-state index contributed by atoms with van der Waals surface area (Å²) in [5.41, 5.74) is 5.39. The fourth-order valence-electron chi connectivity index (χ4n) is 1.10. The lowest BCUT2D eigenvalue weighted by Gasteiger charge is -2.09. The average Bonchev–Trinajstić information content (AvgIpc) is 1.91. The van der Waals surface area contributed by atoms with Gasteiger partial charge in [-0.2, -0.15) is 0 Å². The monoisotopic (exact) mass is 129 g/mol. The molecular weight excluding hydrogens is 110 g/mol. The highest BCUT2D eigenvalue weighted by molar-refractivity contribution is 4.54. The molecule has 0 heterocycles.